The summed E-state index contributed by atoms with van der Waals surface area (Å²) in [5.41, 5.74) is 1.27. The van der Waals surface area contributed by atoms with Crippen molar-refractivity contribution in [3.63, 3.8) is 0 Å². The Morgan fingerprint density at radius 3 is 2.95 bits per heavy atom. The van der Waals surface area contributed by atoms with Gasteiger partial charge in [-0.3, -0.25) is 4.90 Å². The standard InChI is InChI=1S/C14H19BrN2O2.ClH/c1-10-8-17(3-2-16-10)9-11-6-12(15)14-13(7-11)18-4-5-19-14;/h6-7,10,16H,2-5,8-9H2,1H3;1H/t10-;/m0./s1. The molecule has 2 heterocycles. The third-order valence-corrected chi connectivity index (χ3v) is 4.10. The van der Waals surface area contributed by atoms with Crippen LogP contribution in [0.4, 0.5) is 0 Å². The first-order valence-electron chi connectivity index (χ1n) is 6.76. The lowest BCUT2D eigenvalue weighted by molar-refractivity contribution is 0.169. The van der Waals surface area contributed by atoms with Crippen LogP contribution in [0.25, 0.3) is 0 Å². The molecule has 0 spiro atoms. The average molecular weight is 364 g/mol. The van der Waals surface area contributed by atoms with Crippen molar-refractivity contribution in [3.05, 3.63) is 22.2 Å². The molecule has 1 fully saturated rings. The van der Waals surface area contributed by atoms with E-state index in [1.807, 2.05) is 0 Å². The van der Waals surface area contributed by atoms with Gasteiger partial charge in [-0.05, 0) is 40.5 Å². The summed E-state index contributed by atoms with van der Waals surface area (Å²) in [6.45, 7) is 7.69. The minimum atomic E-state index is 0. The van der Waals surface area contributed by atoms with Crippen molar-refractivity contribution in [1.29, 1.82) is 0 Å². The molecule has 0 saturated carbocycles. The number of benzene rings is 1. The summed E-state index contributed by atoms with van der Waals surface area (Å²) in [5, 5.41) is 3.46. The number of fused-ring (bicyclic) bond motifs is 1. The van der Waals surface area contributed by atoms with E-state index in [0.29, 0.717) is 19.3 Å². The molecule has 2 aliphatic rings. The molecule has 1 aromatic rings. The van der Waals surface area contributed by atoms with Gasteiger partial charge in [-0.15, -0.1) is 12.4 Å². The van der Waals surface area contributed by atoms with Gasteiger partial charge in [0.2, 0.25) is 0 Å². The molecule has 1 atom stereocenters. The summed E-state index contributed by atoms with van der Waals surface area (Å²) in [5.74, 6) is 1.70. The second-order valence-corrected chi connectivity index (χ2v) is 6.05. The van der Waals surface area contributed by atoms with Crippen LogP contribution >= 0.6 is 28.3 Å². The maximum absolute atomic E-state index is 5.67. The number of rotatable bonds is 2. The zero-order chi connectivity index (χ0) is 13.2. The van der Waals surface area contributed by atoms with Crippen molar-refractivity contribution in [2.24, 2.45) is 0 Å². The predicted octanol–water partition coefficient (Wildman–Crippen LogP) is 2.44. The third-order valence-electron chi connectivity index (χ3n) is 3.52. The second kappa shape index (κ2) is 6.98. The van der Waals surface area contributed by atoms with E-state index in [1.165, 1.54) is 5.56 Å². The zero-order valence-corrected chi connectivity index (χ0v) is 13.9. The molecule has 112 valence electrons. The molecule has 0 radical (unpaired) electrons. The number of hydrogen-bond donors (Lipinski definition) is 1. The van der Waals surface area contributed by atoms with Crippen LogP contribution in [0.1, 0.15) is 12.5 Å². The fraction of sp³-hybridized carbons (Fsp3) is 0.571. The summed E-state index contributed by atoms with van der Waals surface area (Å²) in [4.78, 5) is 2.47. The lowest BCUT2D eigenvalue weighted by Crippen LogP contribution is -2.48. The SMILES string of the molecule is C[C@H]1CN(Cc2cc(Br)c3c(c2)OCCO3)CCN1.Cl. The van der Waals surface area contributed by atoms with Gasteiger partial charge in [-0.1, -0.05) is 0 Å². The first-order valence-corrected chi connectivity index (χ1v) is 7.55. The molecular formula is C14H20BrClN2O2. The summed E-state index contributed by atoms with van der Waals surface area (Å²) < 4.78 is 12.3. The Kier molecular flexibility index (Phi) is 5.55. The molecule has 0 unspecified atom stereocenters. The molecule has 4 nitrogen and oxygen atoms in total. The first kappa shape index (κ1) is 15.9. The van der Waals surface area contributed by atoms with Gasteiger partial charge in [0.05, 0.1) is 4.47 Å². The van der Waals surface area contributed by atoms with Crippen molar-refractivity contribution in [2.75, 3.05) is 32.8 Å². The molecule has 1 saturated heterocycles. The molecule has 0 aromatic heterocycles. The van der Waals surface area contributed by atoms with E-state index in [0.717, 1.165) is 42.2 Å². The second-order valence-electron chi connectivity index (χ2n) is 5.19. The van der Waals surface area contributed by atoms with Gasteiger partial charge in [0, 0.05) is 32.2 Å². The minimum absolute atomic E-state index is 0. The van der Waals surface area contributed by atoms with Crippen molar-refractivity contribution >= 4 is 28.3 Å². The zero-order valence-electron chi connectivity index (χ0n) is 11.5. The van der Waals surface area contributed by atoms with Gasteiger partial charge < -0.3 is 14.8 Å². The lowest BCUT2D eigenvalue weighted by Gasteiger charge is -2.32. The number of nitrogens with zero attached hydrogens (tertiary/aromatic N) is 1. The molecule has 1 aromatic carbocycles. The monoisotopic (exact) mass is 362 g/mol. The predicted molar refractivity (Wildman–Crippen MR) is 85.1 cm³/mol. The Morgan fingerprint density at radius 2 is 2.15 bits per heavy atom. The summed E-state index contributed by atoms with van der Waals surface area (Å²) >= 11 is 3.57. The highest BCUT2D eigenvalue weighted by Crippen LogP contribution is 2.38. The van der Waals surface area contributed by atoms with Crippen molar-refractivity contribution in [1.82, 2.24) is 10.2 Å². The van der Waals surface area contributed by atoms with Gasteiger partial charge in [-0.2, -0.15) is 0 Å². The smallest absolute Gasteiger partial charge is 0.175 e. The minimum Gasteiger partial charge on any atom is -0.486 e. The molecule has 0 aliphatic carbocycles. The van der Waals surface area contributed by atoms with Crippen LogP contribution in [0.2, 0.25) is 0 Å². The summed E-state index contributed by atoms with van der Waals surface area (Å²) in [7, 11) is 0. The molecule has 6 heteroatoms. The Morgan fingerprint density at radius 1 is 1.35 bits per heavy atom. The number of hydrogen-bond acceptors (Lipinski definition) is 4. The Hall–Kier alpha value is -0.490. The fourth-order valence-electron chi connectivity index (χ4n) is 2.67. The van der Waals surface area contributed by atoms with E-state index in [9.17, 15) is 0 Å². The van der Waals surface area contributed by atoms with Crippen LogP contribution in [-0.2, 0) is 6.54 Å². The van der Waals surface area contributed by atoms with Crippen LogP contribution in [0.5, 0.6) is 11.5 Å². The van der Waals surface area contributed by atoms with Crippen LogP contribution in [0, 0.1) is 0 Å². The third kappa shape index (κ3) is 3.58. The Labute approximate surface area is 134 Å². The summed E-state index contributed by atoms with van der Waals surface area (Å²) in [6.07, 6.45) is 0. The Balaban J connectivity index is 0.00000147. The van der Waals surface area contributed by atoms with E-state index in [1.54, 1.807) is 0 Å². The largest absolute Gasteiger partial charge is 0.486 e. The molecule has 2 aliphatic heterocycles. The highest BCUT2D eigenvalue weighted by atomic mass is 79.9. The van der Waals surface area contributed by atoms with Crippen LogP contribution in [0.15, 0.2) is 16.6 Å². The van der Waals surface area contributed by atoms with Gasteiger partial charge in [0.25, 0.3) is 0 Å². The number of piperazine rings is 1. The molecule has 1 N–H and O–H groups in total. The maximum Gasteiger partial charge on any atom is 0.175 e. The molecule has 3 rings (SSSR count). The topological polar surface area (TPSA) is 33.7 Å². The van der Waals surface area contributed by atoms with E-state index in [4.69, 9.17) is 9.47 Å². The number of ether oxygens (including phenoxy) is 2. The van der Waals surface area contributed by atoms with Crippen molar-refractivity contribution in [2.45, 2.75) is 19.5 Å². The Bertz CT molecular complexity index is 473. The number of halogens is 2. The van der Waals surface area contributed by atoms with Crippen LogP contribution < -0.4 is 14.8 Å². The van der Waals surface area contributed by atoms with Gasteiger partial charge >= 0.3 is 0 Å². The fourth-order valence-corrected chi connectivity index (χ4v) is 3.27. The van der Waals surface area contributed by atoms with Crippen LogP contribution in [-0.4, -0.2) is 43.8 Å². The normalized spacial score (nSPS) is 22.2. The van der Waals surface area contributed by atoms with Gasteiger partial charge in [-0.25, -0.2) is 0 Å². The van der Waals surface area contributed by atoms with Crippen molar-refractivity contribution < 1.29 is 9.47 Å². The first-order chi connectivity index (χ1) is 9.22. The number of nitrogens with one attached hydrogen (secondary N) is 1. The quantitative estimate of drug-likeness (QED) is 0.875. The molecule has 0 amide bonds. The van der Waals surface area contributed by atoms with Gasteiger partial charge in [0.15, 0.2) is 11.5 Å². The molecule has 20 heavy (non-hydrogen) atoms. The van der Waals surface area contributed by atoms with E-state index >= 15 is 0 Å². The summed E-state index contributed by atoms with van der Waals surface area (Å²) in [6, 6.07) is 4.81. The molecule has 0 bridgehead atoms. The van der Waals surface area contributed by atoms with Gasteiger partial charge in [0.1, 0.15) is 13.2 Å². The van der Waals surface area contributed by atoms with E-state index < -0.39 is 0 Å². The highest BCUT2D eigenvalue weighted by molar-refractivity contribution is 9.10. The average Bonchev–Trinajstić information content (AvgIpc) is 2.39. The van der Waals surface area contributed by atoms with E-state index in [-0.39, 0.29) is 12.4 Å². The van der Waals surface area contributed by atoms with Crippen molar-refractivity contribution in [3.8, 4) is 11.5 Å². The molecular weight excluding hydrogens is 344 g/mol. The highest BCUT2D eigenvalue weighted by Gasteiger charge is 2.19. The van der Waals surface area contributed by atoms with E-state index in [2.05, 4.69) is 45.2 Å². The maximum atomic E-state index is 5.67. The lowest BCUT2D eigenvalue weighted by atomic mass is 10.1. The van der Waals surface area contributed by atoms with Crippen LogP contribution in [0.3, 0.4) is 0 Å².